The van der Waals surface area contributed by atoms with Crippen molar-refractivity contribution < 1.29 is 63.2 Å². The molecule has 1 saturated carbocycles. The average molecular weight is 412 g/mol. The summed E-state index contributed by atoms with van der Waals surface area (Å²) in [5, 5.41) is 30.6. The van der Waals surface area contributed by atoms with Crippen LogP contribution in [0.15, 0.2) is 11.8 Å². The average Bonchev–Trinajstić information content (AvgIpc) is 3.13. The Morgan fingerprint density at radius 3 is 2.75 bits per heavy atom. The first-order chi connectivity index (χ1) is 12.8. The number of aliphatic hydroxyl groups excluding tert-OH is 2. The van der Waals surface area contributed by atoms with Crippen LogP contribution in [0.1, 0.15) is 71.1 Å². The van der Waals surface area contributed by atoms with Gasteiger partial charge in [0.15, 0.2) is 5.76 Å². The molecule has 0 aromatic carbocycles. The second-order valence-electron chi connectivity index (χ2n) is 7.80. The largest absolute Gasteiger partial charge is 1.00 e. The quantitative estimate of drug-likeness (QED) is 0.257. The number of carboxylic acid groups (broad SMARTS) is 1. The van der Waals surface area contributed by atoms with Crippen LogP contribution < -0.4 is 34.7 Å². The molecule has 0 amide bonds. The number of alkyl halides is 2. The Hall–Kier alpha value is -0.210. The zero-order chi connectivity index (χ0) is 20.0. The van der Waals surface area contributed by atoms with E-state index in [1.165, 1.54) is 0 Å². The van der Waals surface area contributed by atoms with Crippen LogP contribution >= 0.6 is 0 Å². The van der Waals surface area contributed by atoms with E-state index in [1.807, 2.05) is 6.92 Å². The summed E-state index contributed by atoms with van der Waals surface area (Å²) in [6, 6.07) is 0. The number of carbonyl (C=O) groups is 1. The molecule has 2 aliphatic rings. The van der Waals surface area contributed by atoms with Crippen LogP contribution in [-0.4, -0.2) is 40.4 Å². The number of unbranched alkanes of at least 4 members (excludes halogenated alkanes) is 2. The maximum Gasteiger partial charge on any atom is 1.00 e. The topological polar surface area (TPSA) is 93.1 Å². The minimum atomic E-state index is -1.92. The van der Waals surface area contributed by atoms with Gasteiger partial charge in [0.25, 0.3) is 0 Å². The van der Waals surface area contributed by atoms with E-state index in [0.29, 0.717) is 44.9 Å². The standard InChI is InChI=1S/C20H32F2O5.Na/c1-2-3-6-15(21)17(24)11-9-13-14(10-12-16(13)23)20(22)18(27-20)7-4-5-8-19(25)26;/h7,13-17,23-24H,2-6,8-12H2,1H3,(H,25,26);/q;+1/p-1/b18-7-;/t13-,14+,15+,16-,17-,20-;/m1./s1. The molecular weight excluding hydrogens is 381 g/mol. The second-order valence-corrected chi connectivity index (χ2v) is 7.80. The Bertz CT molecular complexity index is 533. The number of rotatable bonds is 12. The number of epoxide rings is 1. The van der Waals surface area contributed by atoms with Crippen molar-refractivity contribution in [1.82, 2.24) is 0 Å². The van der Waals surface area contributed by atoms with Gasteiger partial charge in [-0.2, -0.15) is 4.39 Å². The van der Waals surface area contributed by atoms with Gasteiger partial charge < -0.3 is 24.9 Å². The normalized spacial score (nSPS) is 32.5. The Morgan fingerprint density at radius 1 is 1.39 bits per heavy atom. The number of allylic oxidation sites excluding steroid dienone is 1. The first kappa shape index (κ1) is 25.8. The molecule has 1 aliphatic carbocycles. The first-order valence-corrected chi connectivity index (χ1v) is 10.1. The molecular formula is C20H31F2NaO5. The van der Waals surface area contributed by atoms with Crippen LogP contribution in [0.3, 0.4) is 0 Å². The predicted octanol–water partition coefficient (Wildman–Crippen LogP) is -0.453. The van der Waals surface area contributed by atoms with Crippen molar-refractivity contribution in [2.75, 3.05) is 0 Å². The Morgan fingerprint density at radius 2 is 2.11 bits per heavy atom. The third kappa shape index (κ3) is 6.94. The van der Waals surface area contributed by atoms with Gasteiger partial charge in [0.05, 0.1) is 12.2 Å². The van der Waals surface area contributed by atoms with Gasteiger partial charge in [-0.25, -0.2) is 4.39 Å². The monoisotopic (exact) mass is 412 g/mol. The molecule has 0 radical (unpaired) electrons. The van der Waals surface area contributed by atoms with Crippen molar-refractivity contribution in [2.45, 2.75) is 95.4 Å². The van der Waals surface area contributed by atoms with Crippen LogP contribution in [-0.2, 0) is 9.53 Å². The molecule has 0 aromatic rings. The van der Waals surface area contributed by atoms with E-state index >= 15 is 4.39 Å². The fourth-order valence-corrected chi connectivity index (χ4v) is 4.09. The van der Waals surface area contributed by atoms with E-state index in [1.54, 1.807) is 6.08 Å². The molecule has 2 fully saturated rings. The van der Waals surface area contributed by atoms with E-state index in [-0.39, 0.29) is 48.2 Å². The molecule has 2 rings (SSSR count). The third-order valence-electron chi connectivity index (χ3n) is 5.78. The van der Waals surface area contributed by atoms with E-state index in [0.717, 1.165) is 6.42 Å². The van der Waals surface area contributed by atoms with E-state index in [9.17, 15) is 24.5 Å². The summed E-state index contributed by atoms with van der Waals surface area (Å²) in [5.41, 5.74) is 0. The zero-order valence-electron chi connectivity index (χ0n) is 16.9. The van der Waals surface area contributed by atoms with Crippen LogP contribution in [0, 0.1) is 11.8 Å². The van der Waals surface area contributed by atoms with Crippen LogP contribution in [0.4, 0.5) is 8.78 Å². The summed E-state index contributed by atoms with van der Waals surface area (Å²) in [7, 11) is 0. The van der Waals surface area contributed by atoms with Gasteiger partial charge >= 0.3 is 35.4 Å². The van der Waals surface area contributed by atoms with Gasteiger partial charge in [0.1, 0.15) is 6.17 Å². The van der Waals surface area contributed by atoms with Gasteiger partial charge in [-0.3, -0.25) is 0 Å². The fraction of sp³-hybridized carbons (Fsp3) is 0.850. The number of aliphatic carboxylic acids is 1. The van der Waals surface area contributed by atoms with Crippen molar-refractivity contribution in [2.24, 2.45) is 11.8 Å². The zero-order valence-corrected chi connectivity index (χ0v) is 18.9. The van der Waals surface area contributed by atoms with E-state index < -0.39 is 42.0 Å². The molecule has 1 saturated heterocycles. The van der Waals surface area contributed by atoms with Crippen LogP contribution in [0.25, 0.3) is 0 Å². The van der Waals surface area contributed by atoms with Crippen LogP contribution in [0.5, 0.6) is 0 Å². The van der Waals surface area contributed by atoms with Gasteiger partial charge in [-0.05, 0) is 63.4 Å². The summed E-state index contributed by atoms with van der Waals surface area (Å²) in [5.74, 6) is -3.79. The molecule has 156 valence electrons. The molecule has 0 aromatic heterocycles. The molecule has 28 heavy (non-hydrogen) atoms. The maximum atomic E-state index is 15.1. The SMILES string of the molecule is CCCC[C@H](F)[C@H](O)CC[C@H]1[C@H](O)CC[C@@H]1[C@@]1(F)O/C1=C\CCCC(=O)[O-].[Na+]. The van der Waals surface area contributed by atoms with E-state index in [2.05, 4.69) is 0 Å². The number of carbonyl (C=O) groups excluding carboxylic acids is 1. The van der Waals surface area contributed by atoms with Crippen molar-refractivity contribution in [1.29, 1.82) is 0 Å². The van der Waals surface area contributed by atoms with Crippen molar-refractivity contribution in [3.8, 4) is 0 Å². The molecule has 0 spiro atoms. The first-order valence-electron chi connectivity index (χ1n) is 10.1. The van der Waals surface area contributed by atoms with Crippen molar-refractivity contribution >= 4 is 5.97 Å². The molecule has 6 atom stereocenters. The second kappa shape index (κ2) is 11.8. The number of carboxylic acids is 1. The number of aliphatic hydroxyl groups is 2. The summed E-state index contributed by atoms with van der Waals surface area (Å²) < 4.78 is 34.1. The van der Waals surface area contributed by atoms with E-state index in [4.69, 9.17) is 4.74 Å². The molecule has 1 aliphatic heterocycles. The van der Waals surface area contributed by atoms with Gasteiger partial charge in [0, 0.05) is 11.9 Å². The molecule has 8 heteroatoms. The Kier molecular flexibility index (Phi) is 10.9. The fourth-order valence-electron chi connectivity index (χ4n) is 4.09. The smallest absolute Gasteiger partial charge is 0.550 e. The summed E-state index contributed by atoms with van der Waals surface area (Å²) in [6.07, 6.45) is 2.44. The molecule has 2 N–H and O–H groups in total. The minimum Gasteiger partial charge on any atom is -0.550 e. The summed E-state index contributed by atoms with van der Waals surface area (Å²) >= 11 is 0. The maximum absolute atomic E-state index is 15.1. The predicted molar refractivity (Wildman–Crippen MR) is 93.7 cm³/mol. The molecule has 1 heterocycles. The number of ether oxygens (including phenoxy) is 1. The number of hydrogen-bond acceptors (Lipinski definition) is 5. The van der Waals surface area contributed by atoms with Crippen molar-refractivity contribution in [3.63, 3.8) is 0 Å². The Balaban J connectivity index is 0.00000392. The number of halogens is 2. The minimum absolute atomic E-state index is 0. The Labute approximate surface area is 187 Å². The van der Waals surface area contributed by atoms with Gasteiger partial charge in [0.2, 0.25) is 0 Å². The third-order valence-corrected chi connectivity index (χ3v) is 5.78. The molecule has 0 bridgehead atoms. The van der Waals surface area contributed by atoms with Gasteiger partial charge in [-0.1, -0.05) is 19.8 Å². The number of hydrogen-bond donors (Lipinski definition) is 2. The van der Waals surface area contributed by atoms with Crippen molar-refractivity contribution in [3.05, 3.63) is 11.8 Å². The van der Waals surface area contributed by atoms with Gasteiger partial charge in [-0.15, -0.1) is 0 Å². The summed E-state index contributed by atoms with van der Waals surface area (Å²) in [6.45, 7) is 1.96. The summed E-state index contributed by atoms with van der Waals surface area (Å²) in [4.78, 5) is 10.4. The molecule has 0 unspecified atom stereocenters. The molecule has 5 nitrogen and oxygen atoms in total. The van der Waals surface area contributed by atoms with Crippen LogP contribution in [0.2, 0.25) is 0 Å².